The highest BCUT2D eigenvalue weighted by atomic mass is 35.5. The van der Waals surface area contributed by atoms with Gasteiger partial charge in [-0.1, -0.05) is 11.6 Å². The lowest BCUT2D eigenvalue weighted by molar-refractivity contribution is -0.141. The molecule has 1 aromatic carbocycles. The van der Waals surface area contributed by atoms with E-state index in [0.29, 0.717) is 0 Å². The van der Waals surface area contributed by atoms with Crippen LogP contribution in [0.4, 0.5) is 4.39 Å². The molecule has 0 bridgehead atoms. The summed E-state index contributed by atoms with van der Waals surface area (Å²) in [5, 5.41) is 9.55. The summed E-state index contributed by atoms with van der Waals surface area (Å²) in [6.07, 6.45) is -0.187. The molecular formula is C10H12Cl2FNO3. The standard InChI is InChI=1S/C10H11ClFNO3.ClH/c1-16-8(14)4-7(13)9-5(11)2-3-6(12)10(9)15;/h2-3,7,15H,4,13H2,1H3;1H/t7-;/m0./s1. The molecule has 0 aromatic heterocycles. The Hall–Kier alpha value is -1.04. The van der Waals surface area contributed by atoms with E-state index in [9.17, 15) is 14.3 Å². The van der Waals surface area contributed by atoms with Crippen LogP contribution in [-0.2, 0) is 9.53 Å². The molecule has 0 saturated heterocycles. The van der Waals surface area contributed by atoms with Gasteiger partial charge < -0.3 is 15.6 Å². The van der Waals surface area contributed by atoms with Crippen molar-refractivity contribution in [2.45, 2.75) is 12.5 Å². The zero-order valence-corrected chi connectivity index (χ0v) is 10.5. The molecule has 0 aliphatic carbocycles. The van der Waals surface area contributed by atoms with E-state index in [1.165, 1.54) is 13.2 Å². The van der Waals surface area contributed by atoms with Crippen molar-refractivity contribution >= 4 is 30.0 Å². The van der Waals surface area contributed by atoms with Gasteiger partial charge in [0.2, 0.25) is 0 Å². The topological polar surface area (TPSA) is 72.5 Å². The maximum absolute atomic E-state index is 13.1. The number of ether oxygens (including phenoxy) is 1. The van der Waals surface area contributed by atoms with Crippen molar-refractivity contribution in [2.75, 3.05) is 7.11 Å². The lowest BCUT2D eigenvalue weighted by atomic mass is 10.0. The van der Waals surface area contributed by atoms with Gasteiger partial charge in [-0.15, -0.1) is 12.4 Å². The van der Waals surface area contributed by atoms with Gasteiger partial charge in [0.05, 0.1) is 13.5 Å². The molecule has 0 radical (unpaired) electrons. The lowest BCUT2D eigenvalue weighted by Gasteiger charge is -2.14. The molecule has 0 saturated carbocycles. The molecule has 0 unspecified atom stereocenters. The van der Waals surface area contributed by atoms with Crippen molar-refractivity contribution < 1.29 is 19.0 Å². The van der Waals surface area contributed by atoms with Gasteiger partial charge in [-0.25, -0.2) is 4.39 Å². The smallest absolute Gasteiger partial charge is 0.307 e. The number of rotatable bonds is 3. The normalized spacial score (nSPS) is 11.5. The van der Waals surface area contributed by atoms with E-state index < -0.39 is 23.6 Å². The van der Waals surface area contributed by atoms with Crippen molar-refractivity contribution in [1.82, 2.24) is 0 Å². The fourth-order valence-corrected chi connectivity index (χ4v) is 1.57. The summed E-state index contributed by atoms with van der Waals surface area (Å²) >= 11 is 5.76. The molecule has 1 rings (SSSR count). The van der Waals surface area contributed by atoms with E-state index in [1.54, 1.807) is 0 Å². The average Bonchev–Trinajstić information content (AvgIpc) is 2.24. The zero-order valence-electron chi connectivity index (χ0n) is 8.94. The van der Waals surface area contributed by atoms with E-state index in [1.807, 2.05) is 0 Å². The summed E-state index contributed by atoms with van der Waals surface area (Å²) < 4.78 is 17.5. The van der Waals surface area contributed by atoms with E-state index >= 15 is 0 Å². The van der Waals surface area contributed by atoms with Crippen LogP contribution in [0.5, 0.6) is 5.75 Å². The molecule has 0 spiro atoms. The Kier molecular flexibility index (Phi) is 6.23. The van der Waals surface area contributed by atoms with E-state index in [2.05, 4.69) is 4.74 Å². The number of methoxy groups -OCH3 is 1. The van der Waals surface area contributed by atoms with Crippen LogP contribution in [0.3, 0.4) is 0 Å². The Morgan fingerprint density at radius 1 is 1.65 bits per heavy atom. The Labute approximate surface area is 109 Å². The number of aromatic hydroxyl groups is 1. The van der Waals surface area contributed by atoms with Crippen LogP contribution in [0, 0.1) is 5.82 Å². The maximum atomic E-state index is 13.1. The fourth-order valence-electron chi connectivity index (χ4n) is 1.27. The molecule has 4 nitrogen and oxygen atoms in total. The van der Waals surface area contributed by atoms with Gasteiger partial charge in [-0.05, 0) is 12.1 Å². The Morgan fingerprint density at radius 3 is 2.76 bits per heavy atom. The van der Waals surface area contributed by atoms with Gasteiger partial charge >= 0.3 is 5.97 Å². The summed E-state index contributed by atoms with van der Waals surface area (Å²) in [7, 11) is 1.21. The minimum absolute atomic E-state index is 0. The van der Waals surface area contributed by atoms with Crippen LogP contribution in [0.1, 0.15) is 18.0 Å². The average molecular weight is 284 g/mol. The Bertz CT molecular complexity index is 415. The van der Waals surface area contributed by atoms with Crippen LogP contribution in [0.25, 0.3) is 0 Å². The van der Waals surface area contributed by atoms with Crippen molar-refractivity contribution in [3.63, 3.8) is 0 Å². The number of nitrogens with two attached hydrogens (primary N) is 1. The first-order chi connectivity index (χ1) is 7.47. The first-order valence-electron chi connectivity index (χ1n) is 4.46. The first kappa shape index (κ1) is 16.0. The molecule has 0 aliphatic rings. The molecule has 0 aliphatic heterocycles. The number of halogens is 3. The third-order valence-electron chi connectivity index (χ3n) is 2.10. The minimum Gasteiger partial charge on any atom is -0.505 e. The number of hydrogen-bond donors (Lipinski definition) is 2. The number of phenols is 1. The van der Waals surface area contributed by atoms with Gasteiger partial charge in [0.15, 0.2) is 11.6 Å². The van der Waals surface area contributed by atoms with Crippen LogP contribution in [0.2, 0.25) is 5.02 Å². The largest absolute Gasteiger partial charge is 0.505 e. The Morgan fingerprint density at radius 2 is 2.24 bits per heavy atom. The van der Waals surface area contributed by atoms with E-state index in [-0.39, 0.29) is 29.4 Å². The number of carbonyl (C=O) groups is 1. The summed E-state index contributed by atoms with van der Waals surface area (Å²) in [6.45, 7) is 0. The summed E-state index contributed by atoms with van der Waals surface area (Å²) in [5.41, 5.74) is 5.64. The first-order valence-corrected chi connectivity index (χ1v) is 4.84. The molecule has 3 N–H and O–H groups in total. The predicted octanol–water partition coefficient (Wildman–Crippen LogP) is 2.17. The predicted molar refractivity (Wildman–Crippen MR) is 63.9 cm³/mol. The van der Waals surface area contributed by atoms with Crippen LogP contribution in [0.15, 0.2) is 12.1 Å². The van der Waals surface area contributed by atoms with Gasteiger partial charge in [0, 0.05) is 16.6 Å². The second-order valence-electron chi connectivity index (χ2n) is 3.18. The van der Waals surface area contributed by atoms with Crippen LogP contribution < -0.4 is 5.73 Å². The van der Waals surface area contributed by atoms with Crippen LogP contribution >= 0.6 is 24.0 Å². The van der Waals surface area contributed by atoms with Crippen molar-refractivity contribution in [2.24, 2.45) is 5.73 Å². The van der Waals surface area contributed by atoms with Crippen molar-refractivity contribution in [3.05, 3.63) is 28.5 Å². The van der Waals surface area contributed by atoms with E-state index in [0.717, 1.165) is 6.07 Å². The SMILES string of the molecule is COC(=O)C[C@H](N)c1c(Cl)ccc(F)c1O.Cl. The van der Waals surface area contributed by atoms with Gasteiger partial charge in [0.25, 0.3) is 0 Å². The molecule has 0 amide bonds. The van der Waals surface area contributed by atoms with Gasteiger partial charge in [-0.3, -0.25) is 4.79 Å². The third-order valence-corrected chi connectivity index (χ3v) is 2.43. The highest BCUT2D eigenvalue weighted by Crippen LogP contribution is 2.33. The molecular weight excluding hydrogens is 272 g/mol. The molecule has 1 atom stereocenters. The number of benzene rings is 1. The van der Waals surface area contributed by atoms with Crippen molar-refractivity contribution in [1.29, 1.82) is 0 Å². The highest BCUT2D eigenvalue weighted by molar-refractivity contribution is 6.31. The monoisotopic (exact) mass is 283 g/mol. The number of phenolic OH excluding ortho intramolecular Hbond substituents is 1. The molecule has 1 aromatic rings. The van der Waals surface area contributed by atoms with E-state index in [4.69, 9.17) is 17.3 Å². The molecule has 17 heavy (non-hydrogen) atoms. The third kappa shape index (κ3) is 3.73. The summed E-state index contributed by atoms with van der Waals surface area (Å²) in [5.74, 6) is -2.03. The molecule has 0 heterocycles. The van der Waals surface area contributed by atoms with Gasteiger partial charge in [0.1, 0.15) is 0 Å². The minimum atomic E-state index is -0.907. The number of esters is 1. The number of carbonyl (C=O) groups excluding carboxylic acids is 1. The maximum Gasteiger partial charge on any atom is 0.307 e. The molecule has 7 heteroatoms. The Balaban J connectivity index is 0.00000256. The lowest BCUT2D eigenvalue weighted by Crippen LogP contribution is -2.17. The van der Waals surface area contributed by atoms with Gasteiger partial charge in [-0.2, -0.15) is 0 Å². The molecule has 0 fully saturated rings. The molecule has 96 valence electrons. The van der Waals surface area contributed by atoms with Crippen molar-refractivity contribution in [3.8, 4) is 5.75 Å². The second-order valence-corrected chi connectivity index (χ2v) is 3.59. The fraction of sp³-hybridized carbons (Fsp3) is 0.300. The highest BCUT2D eigenvalue weighted by Gasteiger charge is 2.20. The quantitative estimate of drug-likeness (QED) is 0.834. The van der Waals surface area contributed by atoms with Crippen LogP contribution in [-0.4, -0.2) is 18.2 Å². The summed E-state index contributed by atoms with van der Waals surface area (Å²) in [6, 6.07) is 1.38. The zero-order chi connectivity index (χ0) is 12.3. The second kappa shape index (κ2) is 6.64. The summed E-state index contributed by atoms with van der Waals surface area (Å²) in [4.78, 5) is 11.0. The number of hydrogen-bond acceptors (Lipinski definition) is 4.